The Morgan fingerprint density at radius 3 is 2.79 bits per heavy atom. The lowest BCUT2D eigenvalue weighted by atomic mass is 10.1. The van der Waals surface area contributed by atoms with Gasteiger partial charge < -0.3 is 24.1 Å². The van der Waals surface area contributed by atoms with Gasteiger partial charge in [-0.3, -0.25) is 4.79 Å². The van der Waals surface area contributed by atoms with Gasteiger partial charge >= 0.3 is 5.63 Å². The third kappa shape index (κ3) is 5.33. The lowest BCUT2D eigenvalue weighted by Crippen LogP contribution is -3.14. The highest BCUT2D eigenvalue weighted by molar-refractivity contribution is 5.88. The number of benzene rings is 1. The molecule has 1 aromatic carbocycles. The van der Waals surface area contributed by atoms with Crippen molar-refractivity contribution in [2.24, 2.45) is 0 Å². The zero-order valence-electron chi connectivity index (χ0n) is 16.6. The molecule has 0 bridgehead atoms. The zero-order chi connectivity index (χ0) is 19.9. The minimum absolute atomic E-state index is 0.0642. The molecular weight excluding hydrogens is 360 g/mol. The number of quaternary nitrogens is 1. The van der Waals surface area contributed by atoms with E-state index in [-0.39, 0.29) is 18.1 Å². The zero-order valence-corrected chi connectivity index (χ0v) is 16.6. The monoisotopic (exact) mass is 389 g/mol. The molecule has 0 spiro atoms. The van der Waals surface area contributed by atoms with Gasteiger partial charge in [0.1, 0.15) is 24.4 Å². The second-order valence-corrected chi connectivity index (χ2v) is 7.18. The third-order valence-electron chi connectivity index (χ3n) is 5.00. The van der Waals surface area contributed by atoms with Crippen molar-refractivity contribution in [3.63, 3.8) is 0 Å². The summed E-state index contributed by atoms with van der Waals surface area (Å²) in [4.78, 5) is 25.4. The Bertz CT molecular complexity index is 871. The van der Waals surface area contributed by atoms with Gasteiger partial charge in [-0.1, -0.05) is 6.92 Å². The Hall–Kier alpha value is -2.38. The Morgan fingerprint density at radius 2 is 2.04 bits per heavy atom. The number of morpholine rings is 1. The molecule has 0 radical (unpaired) electrons. The smallest absolute Gasteiger partial charge is 0.336 e. The van der Waals surface area contributed by atoms with Crippen molar-refractivity contribution in [2.75, 3.05) is 46.0 Å². The highest BCUT2D eigenvalue weighted by Gasteiger charge is 2.14. The van der Waals surface area contributed by atoms with E-state index in [1.165, 1.54) is 11.0 Å². The Labute approximate surface area is 164 Å². The van der Waals surface area contributed by atoms with Gasteiger partial charge in [0, 0.05) is 19.0 Å². The van der Waals surface area contributed by atoms with Crippen LogP contribution in [0, 0.1) is 6.92 Å². The van der Waals surface area contributed by atoms with E-state index in [9.17, 15) is 9.59 Å². The first kappa shape index (κ1) is 20.4. The topological polar surface area (TPSA) is 82.2 Å². The molecule has 152 valence electrons. The van der Waals surface area contributed by atoms with Gasteiger partial charge in [0.05, 0.1) is 25.1 Å². The maximum absolute atomic E-state index is 12.2. The summed E-state index contributed by atoms with van der Waals surface area (Å²) < 4.78 is 16.5. The van der Waals surface area contributed by atoms with Crippen LogP contribution >= 0.6 is 0 Å². The molecule has 3 rings (SSSR count). The van der Waals surface area contributed by atoms with Crippen molar-refractivity contribution < 1.29 is 23.6 Å². The molecule has 0 saturated carbocycles. The Morgan fingerprint density at radius 1 is 1.25 bits per heavy atom. The Balaban J connectivity index is 1.55. The highest BCUT2D eigenvalue weighted by Crippen LogP contribution is 2.30. The summed E-state index contributed by atoms with van der Waals surface area (Å²) in [6.07, 6.45) is 1.61. The predicted octanol–water partition coefficient (Wildman–Crippen LogP) is 0.464. The average molecular weight is 389 g/mol. The van der Waals surface area contributed by atoms with Crippen molar-refractivity contribution in [1.82, 2.24) is 5.32 Å². The van der Waals surface area contributed by atoms with Crippen LogP contribution in [0.15, 0.2) is 27.4 Å². The number of aryl methyl sites for hydroxylation is 2. The molecule has 28 heavy (non-hydrogen) atoms. The second kappa shape index (κ2) is 9.71. The van der Waals surface area contributed by atoms with Crippen LogP contribution in [0.1, 0.15) is 24.5 Å². The van der Waals surface area contributed by atoms with Crippen molar-refractivity contribution in [1.29, 1.82) is 0 Å². The van der Waals surface area contributed by atoms with Crippen LogP contribution < -0.4 is 20.6 Å². The molecule has 2 heterocycles. The predicted molar refractivity (Wildman–Crippen MR) is 106 cm³/mol. The Kier molecular flexibility index (Phi) is 7.06. The molecule has 1 saturated heterocycles. The van der Waals surface area contributed by atoms with Crippen LogP contribution in [0.25, 0.3) is 11.0 Å². The van der Waals surface area contributed by atoms with Crippen LogP contribution in [0.2, 0.25) is 0 Å². The van der Waals surface area contributed by atoms with Gasteiger partial charge in [0.15, 0.2) is 6.61 Å². The number of ether oxygens (including phenoxy) is 2. The van der Waals surface area contributed by atoms with Gasteiger partial charge in [-0.2, -0.15) is 0 Å². The summed E-state index contributed by atoms with van der Waals surface area (Å²) in [5, 5.41) is 3.67. The normalized spacial score (nSPS) is 14.9. The van der Waals surface area contributed by atoms with E-state index in [4.69, 9.17) is 13.9 Å². The van der Waals surface area contributed by atoms with Crippen LogP contribution in [0.3, 0.4) is 0 Å². The van der Waals surface area contributed by atoms with Crippen LogP contribution in [-0.4, -0.2) is 51.9 Å². The van der Waals surface area contributed by atoms with Crippen LogP contribution in [-0.2, 0) is 16.0 Å². The fraction of sp³-hybridized carbons (Fsp3) is 0.524. The maximum Gasteiger partial charge on any atom is 0.336 e. The van der Waals surface area contributed by atoms with E-state index in [1.54, 1.807) is 0 Å². The first-order valence-corrected chi connectivity index (χ1v) is 9.95. The number of nitrogens with one attached hydrogen (secondary N) is 2. The average Bonchev–Trinajstić information content (AvgIpc) is 2.69. The quantitative estimate of drug-likeness (QED) is 0.507. The summed E-state index contributed by atoms with van der Waals surface area (Å²) in [5.74, 6) is 0.422. The molecule has 1 fully saturated rings. The summed E-state index contributed by atoms with van der Waals surface area (Å²) in [6.45, 7) is 9.19. The summed E-state index contributed by atoms with van der Waals surface area (Å²) in [5.41, 5.74) is 1.89. The van der Waals surface area contributed by atoms with E-state index in [0.717, 1.165) is 55.8 Å². The molecule has 1 aromatic heterocycles. The number of fused-ring (bicyclic) bond motifs is 1. The highest BCUT2D eigenvalue weighted by atomic mass is 16.5. The molecule has 0 unspecified atom stereocenters. The molecule has 7 nitrogen and oxygen atoms in total. The van der Waals surface area contributed by atoms with Gasteiger partial charge in [0.2, 0.25) is 0 Å². The standard InChI is InChI=1S/C21H28N2O5/c1-3-16-13-20(25)28-18-12-15(2)11-17(21(16)18)27-14-19(24)22-5-4-6-23-7-9-26-10-8-23/h11-13H,3-10,14H2,1-2H3,(H,22,24)/p+1. The number of hydrogen-bond donors (Lipinski definition) is 2. The van der Waals surface area contributed by atoms with E-state index in [1.807, 2.05) is 26.0 Å². The minimum Gasteiger partial charge on any atom is -0.483 e. The number of amides is 1. The van der Waals surface area contributed by atoms with Crippen LogP contribution in [0.4, 0.5) is 0 Å². The first-order valence-electron chi connectivity index (χ1n) is 9.95. The fourth-order valence-electron chi connectivity index (χ4n) is 3.53. The maximum atomic E-state index is 12.2. The lowest BCUT2D eigenvalue weighted by Gasteiger charge is -2.23. The van der Waals surface area contributed by atoms with Gasteiger partial charge in [-0.15, -0.1) is 0 Å². The summed E-state index contributed by atoms with van der Waals surface area (Å²) >= 11 is 0. The van der Waals surface area contributed by atoms with Crippen molar-refractivity contribution >= 4 is 16.9 Å². The van der Waals surface area contributed by atoms with E-state index < -0.39 is 0 Å². The summed E-state index contributed by atoms with van der Waals surface area (Å²) in [7, 11) is 0. The van der Waals surface area contributed by atoms with E-state index >= 15 is 0 Å². The largest absolute Gasteiger partial charge is 0.483 e. The number of hydrogen-bond acceptors (Lipinski definition) is 5. The van der Waals surface area contributed by atoms with Crippen molar-refractivity contribution in [2.45, 2.75) is 26.7 Å². The van der Waals surface area contributed by atoms with Crippen LogP contribution in [0.5, 0.6) is 5.75 Å². The van der Waals surface area contributed by atoms with Crippen molar-refractivity contribution in [3.05, 3.63) is 39.7 Å². The van der Waals surface area contributed by atoms with Gasteiger partial charge in [0.25, 0.3) is 5.91 Å². The SMILES string of the molecule is CCc1cc(=O)oc2cc(C)cc(OCC(=O)NCCC[NH+]3CCOCC3)c12. The molecule has 0 atom stereocenters. The molecule has 1 amide bonds. The molecule has 0 aliphatic carbocycles. The fourth-order valence-corrected chi connectivity index (χ4v) is 3.53. The van der Waals surface area contributed by atoms with Gasteiger partial charge in [-0.25, -0.2) is 4.79 Å². The minimum atomic E-state index is -0.374. The summed E-state index contributed by atoms with van der Waals surface area (Å²) in [6, 6.07) is 5.17. The molecule has 1 aliphatic heterocycles. The molecule has 7 heteroatoms. The van der Waals surface area contributed by atoms with E-state index in [0.29, 0.717) is 24.3 Å². The first-order chi connectivity index (χ1) is 13.6. The lowest BCUT2D eigenvalue weighted by molar-refractivity contribution is -0.908. The molecule has 2 N–H and O–H groups in total. The molecule has 1 aliphatic rings. The third-order valence-corrected chi connectivity index (χ3v) is 5.00. The molecular formula is C21H29N2O5+. The number of carbonyl (C=O) groups is 1. The molecule has 2 aromatic rings. The van der Waals surface area contributed by atoms with Crippen molar-refractivity contribution in [3.8, 4) is 5.75 Å². The van der Waals surface area contributed by atoms with E-state index in [2.05, 4.69) is 5.32 Å². The number of carbonyl (C=O) groups excluding carboxylic acids is 1. The second-order valence-electron chi connectivity index (χ2n) is 7.18. The van der Waals surface area contributed by atoms with Gasteiger partial charge in [-0.05, 0) is 36.6 Å². The number of rotatable bonds is 8.